The SMILES string of the molecule is COC(=O)C(C)N(C)CCOc1cccc(Cl)c1. The summed E-state index contributed by atoms with van der Waals surface area (Å²) in [6.45, 7) is 2.91. The number of benzene rings is 1. The van der Waals surface area contributed by atoms with Crippen LogP contribution in [0.4, 0.5) is 0 Å². The van der Waals surface area contributed by atoms with Crippen molar-refractivity contribution in [1.29, 1.82) is 0 Å². The van der Waals surface area contributed by atoms with Crippen LogP contribution in [0.2, 0.25) is 5.02 Å². The maximum absolute atomic E-state index is 11.3. The topological polar surface area (TPSA) is 38.8 Å². The molecule has 18 heavy (non-hydrogen) atoms. The van der Waals surface area contributed by atoms with E-state index >= 15 is 0 Å². The number of halogens is 1. The lowest BCUT2D eigenvalue weighted by atomic mass is 10.3. The van der Waals surface area contributed by atoms with E-state index in [4.69, 9.17) is 16.3 Å². The van der Waals surface area contributed by atoms with Gasteiger partial charge in [-0.2, -0.15) is 0 Å². The van der Waals surface area contributed by atoms with Crippen molar-refractivity contribution < 1.29 is 14.3 Å². The van der Waals surface area contributed by atoms with Gasteiger partial charge in [-0.15, -0.1) is 0 Å². The molecule has 0 fully saturated rings. The Balaban J connectivity index is 2.35. The van der Waals surface area contributed by atoms with E-state index in [1.807, 2.05) is 24.1 Å². The lowest BCUT2D eigenvalue weighted by molar-refractivity contribution is -0.145. The molecule has 1 aromatic carbocycles. The van der Waals surface area contributed by atoms with Crippen LogP contribution in [0.5, 0.6) is 5.75 Å². The zero-order valence-electron chi connectivity index (χ0n) is 10.9. The van der Waals surface area contributed by atoms with Crippen molar-refractivity contribution in [3.8, 4) is 5.75 Å². The monoisotopic (exact) mass is 271 g/mol. The highest BCUT2D eigenvalue weighted by atomic mass is 35.5. The van der Waals surface area contributed by atoms with Crippen molar-refractivity contribution in [2.45, 2.75) is 13.0 Å². The first kappa shape index (κ1) is 14.8. The van der Waals surface area contributed by atoms with Gasteiger partial charge in [0.2, 0.25) is 0 Å². The zero-order chi connectivity index (χ0) is 13.5. The van der Waals surface area contributed by atoms with Crippen LogP contribution in [0.15, 0.2) is 24.3 Å². The average Bonchev–Trinajstić information content (AvgIpc) is 2.36. The van der Waals surface area contributed by atoms with E-state index in [1.165, 1.54) is 7.11 Å². The molecule has 1 rings (SSSR count). The lowest BCUT2D eigenvalue weighted by Gasteiger charge is -2.22. The molecular weight excluding hydrogens is 254 g/mol. The number of carbonyl (C=O) groups excluding carboxylic acids is 1. The van der Waals surface area contributed by atoms with Gasteiger partial charge in [-0.25, -0.2) is 0 Å². The predicted molar refractivity (Wildman–Crippen MR) is 71.1 cm³/mol. The van der Waals surface area contributed by atoms with E-state index < -0.39 is 0 Å². The highest BCUT2D eigenvalue weighted by Crippen LogP contribution is 2.16. The molecule has 0 aromatic heterocycles. The number of hydrogen-bond acceptors (Lipinski definition) is 4. The largest absolute Gasteiger partial charge is 0.492 e. The van der Waals surface area contributed by atoms with Gasteiger partial charge in [0.15, 0.2) is 0 Å². The Labute approximate surface area is 112 Å². The molecule has 1 aromatic rings. The third-order valence-corrected chi connectivity index (χ3v) is 2.95. The third-order valence-electron chi connectivity index (χ3n) is 2.71. The summed E-state index contributed by atoms with van der Waals surface area (Å²) in [4.78, 5) is 13.2. The summed E-state index contributed by atoms with van der Waals surface area (Å²) >= 11 is 5.85. The highest BCUT2D eigenvalue weighted by molar-refractivity contribution is 6.30. The van der Waals surface area contributed by atoms with Gasteiger partial charge < -0.3 is 9.47 Å². The van der Waals surface area contributed by atoms with Crippen LogP contribution in [0.1, 0.15) is 6.92 Å². The molecule has 0 N–H and O–H groups in total. The van der Waals surface area contributed by atoms with Crippen molar-refractivity contribution in [3.05, 3.63) is 29.3 Å². The van der Waals surface area contributed by atoms with Gasteiger partial charge in [0.05, 0.1) is 7.11 Å². The van der Waals surface area contributed by atoms with E-state index in [0.29, 0.717) is 18.2 Å². The summed E-state index contributed by atoms with van der Waals surface area (Å²) in [5.41, 5.74) is 0. The fourth-order valence-corrected chi connectivity index (χ4v) is 1.59. The van der Waals surface area contributed by atoms with E-state index in [2.05, 4.69) is 4.74 Å². The second-order valence-electron chi connectivity index (χ2n) is 3.99. The minimum atomic E-state index is -0.280. The number of carbonyl (C=O) groups is 1. The standard InChI is InChI=1S/C13H18ClNO3/c1-10(13(16)17-3)15(2)7-8-18-12-6-4-5-11(14)9-12/h4-6,9-10H,7-8H2,1-3H3. The van der Waals surface area contributed by atoms with E-state index in [1.54, 1.807) is 19.1 Å². The van der Waals surface area contributed by atoms with Crippen molar-refractivity contribution in [1.82, 2.24) is 4.90 Å². The fraction of sp³-hybridized carbons (Fsp3) is 0.462. The van der Waals surface area contributed by atoms with Gasteiger partial charge in [0.1, 0.15) is 18.4 Å². The van der Waals surface area contributed by atoms with E-state index in [9.17, 15) is 4.79 Å². The second-order valence-corrected chi connectivity index (χ2v) is 4.42. The van der Waals surface area contributed by atoms with Gasteiger partial charge >= 0.3 is 5.97 Å². The highest BCUT2D eigenvalue weighted by Gasteiger charge is 2.17. The molecule has 0 saturated carbocycles. The van der Waals surface area contributed by atoms with Crippen LogP contribution in [0.3, 0.4) is 0 Å². The maximum Gasteiger partial charge on any atom is 0.322 e. The van der Waals surface area contributed by atoms with Crippen LogP contribution in [0.25, 0.3) is 0 Å². The summed E-state index contributed by atoms with van der Waals surface area (Å²) in [6.07, 6.45) is 0. The van der Waals surface area contributed by atoms with Gasteiger partial charge in [0.25, 0.3) is 0 Å². The first-order chi connectivity index (χ1) is 8.54. The molecule has 0 spiro atoms. The van der Waals surface area contributed by atoms with Crippen molar-refractivity contribution in [2.75, 3.05) is 27.3 Å². The lowest BCUT2D eigenvalue weighted by Crippen LogP contribution is -2.39. The zero-order valence-corrected chi connectivity index (χ0v) is 11.6. The fourth-order valence-electron chi connectivity index (χ4n) is 1.41. The summed E-state index contributed by atoms with van der Waals surface area (Å²) in [7, 11) is 3.23. The first-order valence-electron chi connectivity index (χ1n) is 5.71. The first-order valence-corrected chi connectivity index (χ1v) is 6.09. The molecule has 1 unspecified atom stereocenters. The molecule has 0 amide bonds. The molecule has 0 bridgehead atoms. The summed E-state index contributed by atoms with van der Waals surface area (Å²) in [6, 6.07) is 6.94. The second kappa shape index (κ2) is 7.24. The number of likely N-dealkylation sites (N-methyl/N-ethyl adjacent to an activating group) is 1. The Morgan fingerprint density at radius 3 is 2.83 bits per heavy atom. The normalized spacial score (nSPS) is 12.3. The molecule has 1 atom stereocenters. The minimum Gasteiger partial charge on any atom is -0.492 e. The molecule has 0 aliphatic heterocycles. The maximum atomic E-state index is 11.3. The molecule has 0 radical (unpaired) electrons. The van der Waals surface area contributed by atoms with Crippen molar-refractivity contribution >= 4 is 17.6 Å². The van der Waals surface area contributed by atoms with E-state index in [0.717, 1.165) is 5.75 Å². The Hall–Kier alpha value is -1.26. The number of esters is 1. The summed E-state index contributed by atoms with van der Waals surface area (Å²) < 4.78 is 10.2. The Kier molecular flexibility index (Phi) is 5.95. The van der Waals surface area contributed by atoms with Gasteiger partial charge in [0, 0.05) is 11.6 Å². The Morgan fingerprint density at radius 1 is 1.50 bits per heavy atom. The van der Waals surface area contributed by atoms with Gasteiger partial charge in [-0.3, -0.25) is 9.69 Å². The van der Waals surface area contributed by atoms with Crippen molar-refractivity contribution in [2.24, 2.45) is 0 Å². The number of rotatable bonds is 6. The van der Waals surface area contributed by atoms with Crippen LogP contribution in [0, 0.1) is 0 Å². The van der Waals surface area contributed by atoms with Crippen LogP contribution in [-0.4, -0.2) is 44.2 Å². The van der Waals surface area contributed by atoms with Crippen LogP contribution in [-0.2, 0) is 9.53 Å². The van der Waals surface area contributed by atoms with Gasteiger partial charge in [-0.05, 0) is 32.2 Å². The van der Waals surface area contributed by atoms with E-state index in [-0.39, 0.29) is 12.0 Å². The molecular formula is C13H18ClNO3. The molecule has 0 aliphatic carbocycles. The smallest absolute Gasteiger partial charge is 0.322 e. The average molecular weight is 272 g/mol. The third kappa shape index (κ3) is 4.55. The molecule has 0 heterocycles. The Morgan fingerprint density at radius 2 is 2.22 bits per heavy atom. The van der Waals surface area contributed by atoms with Crippen LogP contribution >= 0.6 is 11.6 Å². The minimum absolute atomic E-state index is 0.250. The quantitative estimate of drug-likeness (QED) is 0.744. The van der Waals surface area contributed by atoms with Gasteiger partial charge in [-0.1, -0.05) is 17.7 Å². The summed E-state index contributed by atoms with van der Waals surface area (Å²) in [5.74, 6) is 0.474. The molecule has 4 nitrogen and oxygen atoms in total. The molecule has 0 saturated heterocycles. The number of hydrogen-bond donors (Lipinski definition) is 0. The van der Waals surface area contributed by atoms with Crippen molar-refractivity contribution in [3.63, 3.8) is 0 Å². The molecule has 5 heteroatoms. The predicted octanol–water partition coefficient (Wildman–Crippen LogP) is 2.21. The number of methoxy groups -OCH3 is 1. The number of ether oxygens (including phenoxy) is 2. The van der Waals surface area contributed by atoms with Crippen LogP contribution < -0.4 is 4.74 Å². The number of nitrogens with zero attached hydrogens (tertiary/aromatic N) is 1. The summed E-state index contributed by atoms with van der Waals surface area (Å²) in [5, 5.41) is 0.642. The molecule has 100 valence electrons. The molecule has 0 aliphatic rings. The Bertz CT molecular complexity index is 398.